The largest absolute Gasteiger partial charge is 0.375 e. The Balaban J connectivity index is 4.33. The van der Waals surface area contributed by atoms with Gasteiger partial charge in [0, 0.05) is 24.3 Å². The Morgan fingerprint density at radius 3 is 2.09 bits per heavy atom. The standard InChI is InChI=1S/C8H20N2Si/c1-5-6(2)7(11)8(9-3)10-4/h6,9-10H,5H2,1-4,11H3. The number of allylic oxidation sites excluding steroid dienone is 1. The van der Waals surface area contributed by atoms with E-state index in [4.69, 9.17) is 0 Å². The van der Waals surface area contributed by atoms with Gasteiger partial charge in [-0.05, 0) is 5.92 Å². The summed E-state index contributed by atoms with van der Waals surface area (Å²) in [4.78, 5) is 0. The Kier molecular flexibility index (Phi) is 5.03. The van der Waals surface area contributed by atoms with Gasteiger partial charge in [-0.2, -0.15) is 0 Å². The normalized spacial score (nSPS) is 12.4. The summed E-state index contributed by atoms with van der Waals surface area (Å²) >= 11 is 0. The molecule has 0 spiro atoms. The molecule has 1 unspecified atom stereocenters. The van der Waals surface area contributed by atoms with Crippen molar-refractivity contribution in [3.05, 3.63) is 11.0 Å². The summed E-state index contributed by atoms with van der Waals surface area (Å²) in [6, 6.07) is 0. The second kappa shape index (κ2) is 5.24. The lowest BCUT2D eigenvalue weighted by Gasteiger charge is -2.15. The molecule has 0 aromatic rings. The minimum atomic E-state index is 0.719. The molecule has 0 amide bonds. The van der Waals surface area contributed by atoms with Crippen LogP contribution in [0.4, 0.5) is 0 Å². The maximum atomic E-state index is 3.17. The molecule has 0 aliphatic rings. The molecular formula is C8H20N2Si. The first-order valence-corrected chi connectivity index (χ1v) is 5.23. The fourth-order valence-corrected chi connectivity index (χ4v) is 1.98. The van der Waals surface area contributed by atoms with Crippen molar-refractivity contribution < 1.29 is 0 Å². The highest BCUT2D eigenvalue weighted by Crippen LogP contribution is 2.11. The topological polar surface area (TPSA) is 24.1 Å². The van der Waals surface area contributed by atoms with Crippen molar-refractivity contribution in [2.75, 3.05) is 14.1 Å². The van der Waals surface area contributed by atoms with Crippen molar-refractivity contribution in [1.82, 2.24) is 10.6 Å². The van der Waals surface area contributed by atoms with Crippen LogP contribution in [-0.4, -0.2) is 24.3 Å². The van der Waals surface area contributed by atoms with Crippen LogP contribution in [0.3, 0.4) is 0 Å². The zero-order valence-electron chi connectivity index (χ0n) is 8.28. The zero-order chi connectivity index (χ0) is 8.85. The molecule has 0 radical (unpaired) electrons. The summed E-state index contributed by atoms with van der Waals surface area (Å²) in [6.45, 7) is 4.50. The van der Waals surface area contributed by atoms with Crippen LogP contribution in [0.5, 0.6) is 0 Å². The zero-order valence-corrected chi connectivity index (χ0v) is 10.3. The molecule has 0 fully saturated rings. The molecule has 0 saturated carbocycles. The van der Waals surface area contributed by atoms with Crippen LogP contribution in [0.2, 0.25) is 0 Å². The molecule has 0 saturated heterocycles. The molecule has 2 nitrogen and oxygen atoms in total. The first-order chi connectivity index (χ1) is 5.17. The summed E-state index contributed by atoms with van der Waals surface area (Å²) in [7, 11) is 5.07. The molecule has 0 aromatic heterocycles. The third-order valence-corrected chi connectivity index (χ3v) is 3.73. The summed E-state index contributed by atoms with van der Waals surface area (Å²) in [5.41, 5.74) is 0. The van der Waals surface area contributed by atoms with Gasteiger partial charge < -0.3 is 10.6 Å². The van der Waals surface area contributed by atoms with Crippen molar-refractivity contribution in [2.24, 2.45) is 5.92 Å². The number of nitrogens with one attached hydrogen (secondary N) is 2. The number of hydrogen-bond acceptors (Lipinski definition) is 2. The SMILES string of the molecule is CCC(C)C([SiH3])=C(NC)NC. The summed E-state index contributed by atoms with van der Waals surface area (Å²) in [5.74, 6) is 1.93. The van der Waals surface area contributed by atoms with E-state index in [0.717, 1.165) is 16.2 Å². The Bertz CT molecular complexity index is 137. The minimum absolute atomic E-state index is 0.719. The lowest BCUT2D eigenvalue weighted by Crippen LogP contribution is -2.24. The molecule has 0 aliphatic carbocycles. The third-order valence-electron chi connectivity index (χ3n) is 2.25. The van der Waals surface area contributed by atoms with Gasteiger partial charge in [-0.1, -0.05) is 25.5 Å². The first-order valence-electron chi connectivity index (χ1n) is 4.23. The third kappa shape index (κ3) is 2.97. The Hall–Kier alpha value is -0.443. The van der Waals surface area contributed by atoms with Gasteiger partial charge >= 0.3 is 0 Å². The average molecular weight is 172 g/mol. The van der Waals surface area contributed by atoms with Crippen LogP contribution < -0.4 is 10.6 Å². The first kappa shape index (κ1) is 10.6. The Labute approximate surface area is 72.9 Å². The number of hydrogen-bond donors (Lipinski definition) is 2. The fraction of sp³-hybridized carbons (Fsp3) is 0.750. The average Bonchev–Trinajstić information content (AvgIpc) is 2.05. The van der Waals surface area contributed by atoms with Gasteiger partial charge in [-0.15, -0.1) is 0 Å². The molecule has 0 heterocycles. The van der Waals surface area contributed by atoms with Crippen molar-refractivity contribution in [2.45, 2.75) is 20.3 Å². The van der Waals surface area contributed by atoms with Gasteiger partial charge in [0.25, 0.3) is 0 Å². The van der Waals surface area contributed by atoms with Crippen molar-refractivity contribution >= 4 is 10.2 Å². The van der Waals surface area contributed by atoms with E-state index in [2.05, 4.69) is 24.5 Å². The van der Waals surface area contributed by atoms with Gasteiger partial charge in [0.15, 0.2) is 0 Å². The number of rotatable bonds is 4. The molecule has 11 heavy (non-hydrogen) atoms. The van der Waals surface area contributed by atoms with Crippen LogP contribution in [0.15, 0.2) is 11.0 Å². The highest BCUT2D eigenvalue weighted by Gasteiger charge is 2.04. The highest BCUT2D eigenvalue weighted by molar-refractivity contribution is 6.22. The summed E-state index contributed by atoms with van der Waals surface area (Å²) < 4.78 is 0. The van der Waals surface area contributed by atoms with Crippen LogP contribution in [0.25, 0.3) is 0 Å². The van der Waals surface area contributed by atoms with Crippen LogP contribution in [0.1, 0.15) is 20.3 Å². The smallest absolute Gasteiger partial charge is 0.0925 e. The van der Waals surface area contributed by atoms with E-state index in [1.54, 1.807) is 0 Å². The Morgan fingerprint density at radius 2 is 1.82 bits per heavy atom. The van der Waals surface area contributed by atoms with Crippen molar-refractivity contribution in [3.63, 3.8) is 0 Å². The van der Waals surface area contributed by atoms with Gasteiger partial charge in [-0.25, -0.2) is 0 Å². The predicted molar refractivity (Wildman–Crippen MR) is 54.5 cm³/mol. The second-order valence-electron chi connectivity index (χ2n) is 2.87. The van der Waals surface area contributed by atoms with Crippen molar-refractivity contribution in [3.8, 4) is 0 Å². The fourth-order valence-electron chi connectivity index (χ4n) is 1.07. The Morgan fingerprint density at radius 1 is 1.36 bits per heavy atom. The molecule has 0 aliphatic heterocycles. The molecular weight excluding hydrogens is 152 g/mol. The van der Waals surface area contributed by atoms with Crippen molar-refractivity contribution in [1.29, 1.82) is 0 Å². The van der Waals surface area contributed by atoms with E-state index < -0.39 is 0 Å². The molecule has 1 atom stereocenters. The molecule has 0 rings (SSSR count). The summed E-state index contributed by atoms with van der Waals surface area (Å²) in [5, 5.41) is 7.88. The molecule has 3 heteroatoms. The maximum absolute atomic E-state index is 3.17. The van der Waals surface area contributed by atoms with Crippen LogP contribution in [-0.2, 0) is 0 Å². The maximum Gasteiger partial charge on any atom is 0.0925 e. The monoisotopic (exact) mass is 172 g/mol. The van der Waals surface area contributed by atoms with Crippen LogP contribution in [0, 0.1) is 5.92 Å². The van der Waals surface area contributed by atoms with Gasteiger partial charge in [0.2, 0.25) is 0 Å². The molecule has 66 valence electrons. The van der Waals surface area contributed by atoms with E-state index in [-0.39, 0.29) is 0 Å². The van der Waals surface area contributed by atoms with Gasteiger partial charge in [0.05, 0.1) is 5.82 Å². The minimum Gasteiger partial charge on any atom is -0.375 e. The van der Waals surface area contributed by atoms with Gasteiger partial charge in [0.1, 0.15) is 0 Å². The molecule has 0 aromatic carbocycles. The van der Waals surface area contributed by atoms with E-state index in [0.29, 0.717) is 0 Å². The quantitative estimate of drug-likeness (QED) is 0.584. The van der Waals surface area contributed by atoms with Crippen LogP contribution >= 0.6 is 0 Å². The second-order valence-corrected chi connectivity index (χ2v) is 3.94. The lowest BCUT2D eigenvalue weighted by molar-refractivity contribution is 0.657. The lowest BCUT2D eigenvalue weighted by atomic mass is 10.1. The molecule has 2 N–H and O–H groups in total. The highest BCUT2D eigenvalue weighted by atomic mass is 28.1. The van der Waals surface area contributed by atoms with E-state index in [9.17, 15) is 0 Å². The summed E-state index contributed by atoms with van der Waals surface area (Å²) in [6.07, 6.45) is 1.23. The van der Waals surface area contributed by atoms with E-state index in [1.165, 1.54) is 17.4 Å². The molecule has 0 bridgehead atoms. The van der Waals surface area contributed by atoms with E-state index >= 15 is 0 Å². The van der Waals surface area contributed by atoms with E-state index in [1.807, 2.05) is 14.1 Å². The predicted octanol–water partition coefficient (Wildman–Crippen LogP) is 0.00580. The van der Waals surface area contributed by atoms with Gasteiger partial charge in [-0.3, -0.25) is 0 Å².